The van der Waals surface area contributed by atoms with Gasteiger partial charge in [-0.15, -0.1) is 0 Å². The summed E-state index contributed by atoms with van der Waals surface area (Å²) in [6.45, 7) is 14.9. The average Bonchev–Trinajstić information content (AvgIpc) is 3.26. The Labute approximate surface area is 227 Å². The van der Waals surface area contributed by atoms with Crippen LogP contribution in [0.4, 0.5) is 15.3 Å². The second-order valence-electron chi connectivity index (χ2n) is 10.6. The first-order valence-electron chi connectivity index (χ1n) is 11.3. The molecule has 4 rings (SSSR count). The predicted molar refractivity (Wildman–Crippen MR) is 150 cm³/mol. The number of hydrogen-bond donors (Lipinski definition) is 1. The number of rotatable bonds is 0. The van der Waals surface area contributed by atoms with Crippen LogP contribution in [0, 0.1) is 13.8 Å². The van der Waals surface area contributed by atoms with E-state index in [-0.39, 0.29) is 0 Å². The highest BCUT2D eigenvalue weighted by molar-refractivity contribution is 9.10. The Bertz CT molecular complexity index is 1380. The summed E-state index contributed by atoms with van der Waals surface area (Å²) in [5.74, 6) is 0. The van der Waals surface area contributed by atoms with Gasteiger partial charge in [0.1, 0.15) is 11.1 Å². The van der Waals surface area contributed by atoms with Crippen LogP contribution in [0.5, 0.6) is 0 Å². The molecule has 0 bridgehead atoms. The number of carbonyl (C=O) groups excluding carboxylic acids is 1. The molecule has 8 nitrogen and oxygen atoms in total. The largest absolute Gasteiger partial charge is 0.546 e. The molecular weight excluding hydrogens is 592 g/mol. The fourth-order valence-corrected chi connectivity index (χ4v) is 5.08. The summed E-state index contributed by atoms with van der Waals surface area (Å²) in [7, 11) is 0. The third-order valence-electron chi connectivity index (χ3n) is 5.63. The predicted octanol–water partition coefficient (Wildman–Crippen LogP) is 7.78. The van der Waals surface area contributed by atoms with E-state index in [0.717, 1.165) is 42.4 Å². The molecule has 1 atom stereocenters. The van der Waals surface area contributed by atoms with E-state index in [1.54, 1.807) is 6.21 Å². The molecule has 1 amide bonds. The zero-order valence-electron chi connectivity index (χ0n) is 21.7. The van der Waals surface area contributed by atoms with E-state index in [0.29, 0.717) is 0 Å². The molecule has 1 aliphatic heterocycles. The number of benzene rings is 2. The molecule has 0 saturated carbocycles. The van der Waals surface area contributed by atoms with E-state index in [9.17, 15) is 14.7 Å². The van der Waals surface area contributed by atoms with Gasteiger partial charge in [0, 0.05) is 19.9 Å². The number of quaternary nitrogens is 1. The van der Waals surface area contributed by atoms with Gasteiger partial charge in [-0.05, 0) is 85.7 Å². The van der Waals surface area contributed by atoms with Gasteiger partial charge >= 0.3 is 12.2 Å². The standard InChI is InChI=1S/2C13H15BrN2O2/c1-8-5-10(14)6-9-7-15-16(11(8)9,12(17)18)13(2,3)4;1-8-10-7-9(14)5-6-11(10)16(15-8)12(17)18-13(2,3)4/h2*5-7H,1-4H3/p+1. The Morgan fingerprint density at radius 3 is 2.19 bits per heavy atom. The number of aromatic nitrogens is 2. The van der Waals surface area contributed by atoms with Crippen molar-refractivity contribution in [1.29, 1.82) is 0 Å². The molecule has 1 N–H and O–H groups in total. The van der Waals surface area contributed by atoms with Crippen molar-refractivity contribution in [3.05, 3.63) is 56.1 Å². The number of aryl methyl sites for hydroxylation is 2. The van der Waals surface area contributed by atoms with Gasteiger partial charge in [0.15, 0.2) is 5.69 Å². The zero-order chi connectivity index (χ0) is 27.2. The van der Waals surface area contributed by atoms with Crippen molar-refractivity contribution in [2.24, 2.45) is 5.10 Å². The normalized spacial score (nSPS) is 16.9. The minimum atomic E-state index is -0.956. The van der Waals surface area contributed by atoms with Gasteiger partial charge in [-0.2, -0.15) is 14.6 Å². The van der Waals surface area contributed by atoms with Crippen LogP contribution in [0.25, 0.3) is 10.9 Å². The lowest BCUT2D eigenvalue weighted by molar-refractivity contribution is 0.0522. The van der Waals surface area contributed by atoms with Crippen molar-refractivity contribution in [1.82, 2.24) is 14.4 Å². The van der Waals surface area contributed by atoms with Gasteiger partial charge in [-0.1, -0.05) is 41.6 Å². The summed E-state index contributed by atoms with van der Waals surface area (Å²) in [6.07, 6.45) is 0.234. The van der Waals surface area contributed by atoms with E-state index >= 15 is 0 Å². The summed E-state index contributed by atoms with van der Waals surface area (Å²) in [4.78, 5) is 23.9. The molecule has 36 heavy (non-hydrogen) atoms. The second-order valence-corrected chi connectivity index (χ2v) is 12.5. The molecular formula is C26H31Br2N4O4+. The van der Waals surface area contributed by atoms with Gasteiger partial charge in [0.2, 0.25) is 0 Å². The quantitative estimate of drug-likeness (QED) is 0.258. The fraction of sp³-hybridized carbons (Fsp3) is 0.385. The molecule has 0 aliphatic carbocycles. The maximum Gasteiger partial charge on any atom is 0.546 e. The molecule has 0 spiro atoms. The number of nitrogens with zero attached hydrogens (tertiary/aromatic N) is 4. The Morgan fingerprint density at radius 2 is 1.64 bits per heavy atom. The first-order valence-corrected chi connectivity index (χ1v) is 12.9. The monoisotopic (exact) mass is 621 g/mol. The number of hydrogen-bond acceptors (Lipinski definition) is 5. The van der Waals surface area contributed by atoms with E-state index in [2.05, 4.69) is 42.1 Å². The summed E-state index contributed by atoms with van der Waals surface area (Å²) >= 11 is 6.83. The summed E-state index contributed by atoms with van der Waals surface area (Å²) in [5, 5.41) is 19.2. The number of ether oxygens (including phenoxy) is 1. The number of carbonyl (C=O) groups is 2. The Hall–Kier alpha value is -2.56. The van der Waals surface area contributed by atoms with Crippen LogP contribution in [0.2, 0.25) is 0 Å². The van der Waals surface area contributed by atoms with Crippen LogP contribution >= 0.6 is 31.9 Å². The maximum absolute atomic E-state index is 12.0. The lowest BCUT2D eigenvalue weighted by atomic mass is 10.0. The van der Waals surface area contributed by atoms with Crippen LogP contribution in [0.1, 0.15) is 58.4 Å². The minimum Gasteiger partial charge on any atom is -0.442 e. The summed E-state index contributed by atoms with van der Waals surface area (Å²) in [5.41, 5.74) is 3.01. The van der Waals surface area contributed by atoms with E-state index in [1.165, 1.54) is 4.68 Å². The van der Waals surface area contributed by atoms with Crippen molar-refractivity contribution < 1.29 is 19.4 Å². The molecule has 0 radical (unpaired) electrons. The lowest BCUT2D eigenvalue weighted by Crippen LogP contribution is -2.60. The van der Waals surface area contributed by atoms with Gasteiger partial charge in [0.25, 0.3) is 0 Å². The first kappa shape index (κ1) is 28.0. The number of fused-ring (bicyclic) bond motifs is 2. The van der Waals surface area contributed by atoms with Gasteiger partial charge in [-0.25, -0.2) is 4.79 Å². The van der Waals surface area contributed by atoms with Crippen LogP contribution in [0.15, 0.2) is 44.4 Å². The van der Waals surface area contributed by atoms with Crippen molar-refractivity contribution in [3.8, 4) is 0 Å². The van der Waals surface area contributed by atoms with Crippen LogP contribution < -0.4 is 4.59 Å². The van der Waals surface area contributed by atoms with Crippen molar-refractivity contribution in [2.75, 3.05) is 0 Å². The highest BCUT2D eigenvalue weighted by Crippen LogP contribution is 2.43. The third-order valence-corrected chi connectivity index (χ3v) is 6.58. The molecule has 192 valence electrons. The molecule has 0 saturated heterocycles. The fourth-order valence-electron chi connectivity index (χ4n) is 4.13. The van der Waals surface area contributed by atoms with E-state index < -0.39 is 27.9 Å². The van der Waals surface area contributed by atoms with Gasteiger partial charge in [0.05, 0.1) is 23.0 Å². The molecule has 1 aliphatic rings. The molecule has 0 fully saturated rings. The van der Waals surface area contributed by atoms with Crippen molar-refractivity contribution >= 4 is 66.9 Å². The maximum atomic E-state index is 12.0. The van der Waals surface area contributed by atoms with Crippen LogP contribution in [-0.4, -0.2) is 44.4 Å². The average molecular weight is 623 g/mol. The number of amides is 1. The molecule has 1 aromatic heterocycles. The van der Waals surface area contributed by atoms with Crippen LogP contribution in [0.3, 0.4) is 0 Å². The highest BCUT2D eigenvalue weighted by Gasteiger charge is 2.55. The SMILES string of the molecule is Cc1cc(Br)cc2c1[N+](C(=O)O)(C(C)(C)C)N=C2.Cc1nn(C(=O)OC(C)(C)C)c2ccc(Br)cc12. The Morgan fingerprint density at radius 1 is 1.00 bits per heavy atom. The van der Waals surface area contributed by atoms with E-state index in [4.69, 9.17) is 4.74 Å². The van der Waals surface area contributed by atoms with E-state index in [1.807, 2.05) is 85.7 Å². The smallest absolute Gasteiger partial charge is 0.442 e. The Kier molecular flexibility index (Phi) is 7.56. The van der Waals surface area contributed by atoms with Gasteiger partial charge < -0.3 is 9.84 Å². The minimum absolute atomic E-state index is 0.401. The topological polar surface area (TPSA) is 93.8 Å². The van der Waals surface area contributed by atoms with Gasteiger partial charge in [-0.3, -0.25) is 0 Å². The molecule has 2 heterocycles. The molecule has 1 unspecified atom stereocenters. The molecule has 10 heteroatoms. The van der Waals surface area contributed by atoms with Crippen LogP contribution in [-0.2, 0) is 4.74 Å². The Balaban J connectivity index is 0.000000201. The lowest BCUT2D eigenvalue weighted by Gasteiger charge is -2.36. The number of carboxylic acid groups (broad SMARTS) is 1. The van der Waals surface area contributed by atoms with Crippen molar-refractivity contribution in [2.45, 2.75) is 66.5 Å². The molecule has 3 aromatic rings. The number of halogens is 2. The first-order chi connectivity index (χ1) is 16.5. The summed E-state index contributed by atoms with van der Waals surface area (Å²) < 4.78 is 8.13. The zero-order valence-corrected chi connectivity index (χ0v) is 24.9. The highest BCUT2D eigenvalue weighted by atomic mass is 79.9. The molecule has 2 aromatic carbocycles. The van der Waals surface area contributed by atoms with Crippen molar-refractivity contribution in [3.63, 3.8) is 0 Å². The second kappa shape index (κ2) is 9.72. The summed E-state index contributed by atoms with van der Waals surface area (Å²) in [6, 6.07) is 9.50. The third kappa shape index (κ3) is 5.26.